The minimum Gasteiger partial charge on any atom is -0.462 e. The molecule has 0 radical (unpaired) electrons. The summed E-state index contributed by atoms with van der Waals surface area (Å²) >= 11 is 7.00. The number of nitrogens with two attached hydrogens (primary N) is 1. The summed E-state index contributed by atoms with van der Waals surface area (Å²) < 4.78 is 51.9. The van der Waals surface area contributed by atoms with Crippen molar-refractivity contribution >= 4 is 59.3 Å². The number of aromatic nitrogens is 4. The molecule has 0 aromatic carbocycles. The maximum absolute atomic E-state index is 15.6. The van der Waals surface area contributed by atoms with Gasteiger partial charge in [0.2, 0.25) is 5.95 Å². The predicted octanol–water partition coefficient (Wildman–Crippen LogP) is 2.24. The monoisotopic (exact) mass is 656 g/mol. The summed E-state index contributed by atoms with van der Waals surface area (Å²) in [4.78, 5) is 46.7. The maximum atomic E-state index is 15.6. The molecule has 0 saturated carbocycles. The molecule has 2 aromatic heterocycles. The number of hydrogen-bond donors (Lipinski definition) is 4. The van der Waals surface area contributed by atoms with Crippen LogP contribution in [0, 0.1) is 5.41 Å². The number of nitrogens with one attached hydrogen (secondary N) is 2. The number of aliphatic hydroxyl groups excluding tert-OH is 1. The van der Waals surface area contributed by atoms with Crippen molar-refractivity contribution in [3.8, 4) is 0 Å². The lowest BCUT2D eigenvalue weighted by Gasteiger charge is -2.25. The fraction of sp³-hybridized carbons (Fsp3) is 0.696. The fourth-order valence-electron chi connectivity index (χ4n) is 3.64. The number of rotatable bonds is 12. The Balaban J connectivity index is 1.77. The molecule has 2 unspecified atom stereocenters. The van der Waals surface area contributed by atoms with E-state index >= 15 is 4.39 Å². The first-order valence-electron chi connectivity index (χ1n) is 12.8. The van der Waals surface area contributed by atoms with Gasteiger partial charge in [-0.15, -0.1) is 0 Å². The van der Waals surface area contributed by atoms with Gasteiger partial charge in [-0.1, -0.05) is 44.1 Å². The third kappa shape index (κ3) is 8.08. The number of nitrogens with zero attached hydrogens (tertiary/aromatic N) is 3. The average molecular weight is 657 g/mol. The molecule has 42 heavy (non-hydrogen) atoms. The number of nitrogen functional groups attached to an aromatic ring is 1. The number of alkyl halides is 2. The number of aliphatic hydroxyl groups is 1. The zero-order chi connectivity index (χ0) is 31.6. The summed E-state index contributed by atoms with van der Waals surface area (Å²) in [5, 5.41) is 10.0. The lowest BCUT2D eigenvalue weighted by Crippen LogP contribution is -2.39. The number of thioether (sulfide) groups is 1. The number of aromatic amines is 1. The van der Waals surface area contributed by atoms with Crippen LogP contribution in [0.1, 0.15) is 47.8 Å². The van der Waals surface area contributed by atoms with Gasteiger partial charge in [0.15, 0.2) is 22.5 Å². The highest BCUT2D eigenvalue weighted by Gasteiger charge is 2.58. The van der Waals surface area contributed by atoms with Crippen molar-refractivity contribution in [2.75, 3.05) is 24.7 Å². The van der Waals surface area contributed by atoms with Crippen LogP contribution in [0.5, 0.6) is 0 Å². The molecule has 236 valence electrons. The van der Waals surface area contributed by atoms with E-state index in [2.05, 4.69) is 20.0 Å². The van der Waals surface area contributed by atoms with Gasteiger partial charge in [0.25, 0.3) is 10.7 Å². The SMILES string of the molecule is CC(C)OC(=O)C(C)NP(=O)(OCCSC(=O)C(C)(C)C)OC[C@H]1O[C@@H](n2cnc3c(=O)[nH]c(N)nc32)[C@@](F)(Cl)[C@@H]1O. The molecule has 1 fully saturated rings. The van der Waals surface area contributed by atoms with Gasteiger partial charge in [-0.25, -0.2) is 19.0 Å². The van der Waals surface area contributed by atoms with Gasteiger partial charge in [-0.05, 0) is 20.8 Å². The first kappa shape index (κ1) is 34.4. The second-order valence-electron chi connectivity index (χ2n) is 10.8. The number of H-pyrrole nitrogens is 1. The maximum Gasteiger partial charge on any atom is 0.406 e. The third-order valence-electron chi connectivity index (χ3n) is 5.74. The van der Waals surface area contributed by atoms with Crippen molar-refractivity contribution in [2.24, 2.45) is 5.41 Å². The van der Waals surface area contributed by atoms with Crippen molar-refractivity contribution in [3.05, 3.63) is 16.7 Å². The zero-order valence-electron chi connectivity index (χ0n) is 23.8. The number of halogens is 2. The van der Waals surface area contributed by atoms with Crippen molar-refractivity contribution in [2.45, 2.75) is 77.3 Å². The van der Waals surface area contributed by atoms with Gasteiger partial charge in [0, 0.05) is 11.2 Å². The smallest absolute Gasteiger partial charge is 0.406 e. The molecule has 15 nitrogen and oxygen atoms in total. The van der Waals surface area contributed by atoms with E-state index in [-0.39, 0.29) is 34.6 Å². The van der Waals surface area contributed by atoms with Crippen molar-refractivity contribution in [1.29, 1.82) is 0 Å². The van der Waals surface area contributed by atoms with Crippen LogP contribution in [0.25, 0.3) is 11.2 Å². The van der Waals surface area contributed by atoms with Crippen LogP contribution in [0.4, 0.5) is 10.3 Å². The average Bonchev–Trinajstić information content (AvgIpc) is 3.37. The number of imidazole rings is 1. The van der Waals surface area contributed by atoms with Gasteiger partial charge in [-0.2, -0.15) is 4.98 Å². The van der Waals surface area contributed by atoms with E-state index < -0.39 is 67.0 Å². The third-order valence-corrected chi connectivity index (χ3v) is 9.11. The summed E-state index contributed by atoms with van der Waals surface area (Å²) in [6.45, 7) is 8.93. The Morgan fingerprint density at radius 1 is 1.38 bits per heavy atom. The number of ether oxygens (including phenoxy) is 2. The highest BCUT2D eigenvalue weighted by Crippen LogP contribution is 2.49. The Hall–Kier alpha value is -2.11. The molecule has 1 saturated heterocycles. The minimum atomic E-state index is -4.35. The fourth-order valence-corrected chi connectivity index (χ4v) is 6.32. The van der Waals surface area contributed by atoms with Crippen molar-refractivity contribution in [1.82, 2.24) is 24.6 Å². The topological polar surface area (TPSA) is 210 Å². The Bertz CT molecular complexity index is 1400. The lowest BCUT2D eigenvalue weighted by molar-refractivity contribution is -0.149. The van der Waals surface area contributed by atoms with Crippen LogP contribution in [0.15, 0.2) is 11.1 Å². The normalized spacial score (nSPS) is 25.0. The lowest BCUT2D eigenvalue weighted by atomic mass is 10.00. The van der Waals surface area contributed by atoms with Crippen LogP contribution in [-0.4, -0.2) is 84.2 Å². The van der Waals surface area contributed by atoms with E-state index in [9.17, 15) is 24.1 Å². The summed E-state index contributed by atoms with van der Waals surface area (Å²) in [5.41, 5.74) is 3.96. The molecule has 3 rings (SSSR count). The van der Waals surface area contributed by atoms with Crippen LogP contribution < -0.4 is 16.4 Å². The van der Waals surface area contributed by atoms with Crippen LogP contribution >= 0.6 is 31.1 Å². The van der Waals surface area contributed by atoms with E-state index in [1.807, 2.05) is 0 Å². The van der Waals surface area contributed by atoms with Crippen LogP contribution in [0.2, 0.25) is 0 Å². The molecule has 1 aliphatic heterocycles. The zero-order valence-corrected chi connectivity index (χ0v) is 26.3. The van der Waals surface area contributed by atoms with Crippen LogP contribution in [0.3, 0.4) is 0 Å². The predicted molar refractivity (Wildman–Crippen MR) is 152 cm³/mol. The number of anilines is 1. The summed E-state index contributed by atoms with van der Waals surface area (Å²) in [6, 6.07) is -1.16. The Morgan fingerprint density at radius 2 is 2.05 bits per heavy atom. The van der Waals surface area contributed by atoms with Gasteiger partial charge in [0.1, 0.15) is 18.2 Å². The molecule has 5 N–H and O–H groups in total. The second kappa shape index (κ2) is 13.3. The molecule has 0 aliphatic carbocycles. The van der Waals surface area contributed by atoms with Gasteiger partial charge < -0.3 is 20.3 Å². The van der Waals surface area contributed by atoms with Crippen molar-refractivity contribution in [3.63, 3.8) is 0 Å². The van der Waals surface area contributed by atoms with E-state index in [1.165, 1.54) is 6.92 Å². The summed E-state index contributed by atoms with van der Waals surface area (Å²) in [6.07, 6.45) is -4.71. The molecule has 0 bridgehead atoms. The Labute approximate surface area is 249 Å². The Morgan fingerprint density at radius 3 is 2.67 bits per heavy atom. The molecule has 0 spiro atoms. The molecule has 19 heteroatoms. The second-order valence-corrected chi connectivity index (χ2v) is 14.2. The molecular formula is C23H35ClFN6O9PS. The number of fused-ring (bicyclic) bond motifs is 1. The first-order valence-corrected chi connectivity index (χ1v) is 15.7. The molecule has 6 atom stereocenters. The minimum absolute atomic E-state index is 0.110. The summed E-state index contributed by atoms with van der Waals surface area (Å²) in [5.74, 6) is -0.911. The largest absolute Gasteiger partial charge is 0.462 e. The van der Waals surface area contributed by atoms with E-state index in [1.54, 1.807) is 34.6 Å². The summed E-state index contributed by atoms with van der Waals surface area (Å²) in [7, 11) is -4.35. The first-order chi connectivity index (χ1) is 19.4. The highest BCUT2D eigenvalue weighted by atomic mass is 35.5. The molecule has 3 heterocycles. The molecule has 2 aromatic rings. The van der Waals surface area contributed by atoms with Gasteiger partial charge in [0.05, 0.1) is 25.6 Å². The number of hydrogen-bond acceptors (Lipinski definition) is 13. The quantitative estimate of drug-likeness (QED) is 0.112. The number of esters is 1. The standard InChI is InChI=1S/C23H35ClFN6O9PS/c1-11(2)39-18(34)12(3)30-41(36,37-7-8-42-20(35)22(4,5)6)38-9-13-15(32)23(24,25)19(40-13)31-10-27-14-16(31)28-21(26)29-17(14)33/h10-13,15,19,32H,7-9H2,1-6H3,(H,30,36)(H3,26,28,29,33)/t12?,13-,15-,19-,23-,41?/m1/s1. The van der Waals surface area contributed by atoms with E-state index in [4.69, 9.17) is 35.9 Å². The molecular weight excluding hydrogens is 622 g/mol. The molecule has 0 amide bonds. The Kier molecular flexibility index (Phi) is 10.9. The van der Waals surface area contributed by atoms with E-state index in [0.717, 1.165) is 22.7 Å². The van der Waals surface area contributed by atoms with Gasteiger partial charge in [-0.3, -0.25) is 33.0 Å². The number of carbonyl (C=O) groups is 2. The van der Waals surface area contributed by atoms with Crippen molar-refractivity contribution < 1.29 is 42.2 Å². The highest BCUT2D eigenvalue weighted by molar-refractivity contribution is 8.13. The van der Waals surface area contributed by atoms with E-state index in [0.29, 0.717) is 0 Å². The number of carbonyl (C=O) groups excluding carboxylic acids is 2. The van der Waals surface area contributed by atoms with Gasteiger partial charge >= 0.3 is 13.7 Å². The van der Waals surface area contributed by atoms with Crippen LogP contribution in [-0.2, 0) is 32.7 Å². The molecule has 1 aliphatic rings.